The van der Waals surface area contributed by atoms with Crippen molar-refractivity contribution in [2.75, 3.05) is 5.32 Å². The summed E-state index contributed by atoms with van der Waals surface area (Å²) in [6.45, 7) is 4.14. The van der Waals surface area contributed by atoms with Crippen molar-refractivity contribution in [3.8, 4) is 0 Å². The molecule has 164 valence electrons. The van der Waals surface area contributed by atoms with Gasteiger partial charge in [-0.2, -0.15) is 10.2 Å². The highest BCUT2D eigenvalue weighted by atomic mass is 32.1. The molecule has 11 heteroatoms. The molecule has 0 radical (unpaired) electrons. The number of nitrogens with zero attached hydrogens (tertiary/aromatic N) is 5. The number of thiocarbonyl (C=S) groups is 1. The zero-order valence-electron chi connectivity index (χ0n) is 17.7. The molecule has 4 rings (SSSR count). The third kappa shape index (κ3) is 4.57. The number of hydrogen-bond donors (Lipinski definition) is 3. The van der Waals surface area contributed by atoms with Crippen molar-refractivity contribution in [3.05, 3.63) is 71.1 Å². The SMILES string of the molecule is Cc1cc(C(=O)NNC(=S)Nc2cnn(Cc3ccc(F)cc3)c2)c2c(C)nn(C)c2n1. The fraction of sp³-hybridized carbons (Fsp3) is 0.190. The second-order valence-corrected chi connectivity index (χ2v) is 7.71. The van der Waals surface area contributed by atoms with E-state index in [1.165, 1.54) is 12.1 Å². The van der Waals surface area contributed by atoms with Crippen molar-refractivity contribution in [1.82, 2.24) is 35.4 Å². The highest BCUT2D eigenvalue weighted by molar-refractivity contribution is 7.80. The van der Waals surface area contributed by atoms with Gasteiger partial charge in [0.1, 0.15) is 5.82 Å². The number of hydrogen-bond acceptors (Lipinski definition) is 5. The maximum atomic E-state index is 13.0. The normalized spacial score (nSPS) is 10.9. The molecule has 9 nitrogen and oxygen atoms in total. The average Bonchev–Trinajstić information content (AvgIpc) is 3.30. The molecule has 0 unspecified atom stereocenters. The molecule has 1 amide bonds. The number of anilines is 1. The Kier molecular flexibility index (Phi) is 5.82. The van der Waals surface area contributed by atoms with E-state index in [2.05, 4.69) is 31.3 Å². The summed E-state index contributed by atoms with van der Waals surface area (Å²) in [6, 6.07) is 7.93. The summed E-state index contributed by atoms with van der Waals surface area (Å²) >= 11 is 5.26. The smallest absolute Gasteiger partial charge is 0.270 e. The Hall–Kier alpha value is -3.86. The Labute approximate surface area is 188 Å². The van der Waals surface area contributed by atoms with E-state index < -0.39 is 0 Å². The van der Waals surface area contributed by atoms with E-state index in [4.69, 9.17) is 12.2 Å². The Morgan fingerprint density at radius 1 is 1.19 bits per heavy atom. The summed E-state index contributed by atoms with van der Waals surface area (Å²) in [7, 11) is 1.79. The number of amides is 1. The van der Waals surface area contributed by atoms with Crippen molar-refractivity contribution in [3.63, 3.8) is 0 Å². The summed E-state index contributed by atoms with van der Waals surface area (Å²) in [4.78, 5) is 17.3. The molecule has 3 N–H and O–H groups in total. The van der Waals surface area contributed by atoms with Gasteiger partial charge in [-0.3, -0.25) is 25.0 Å². The van der Waals surface area contributed by atoms with Gasteiger partial charge in [0.25, 0.3) is 5.91 Å². The number of pyridine rings is 1. The van der Waals surface area contributed by atoms with Crippen molar-refractivity contribution in [1.29, 1.82) is 0 Å². The number of benzene rings is 1. The zero-order valence-corrected chi connectivity index (χ0v) is 18.5. The van der Waals surface area contributed by atoms with Gasteiger partial charge in [0.2, 0.25) is 0 Å². The predicted octanol–water partition coefficient (Wildman–Crippen LogP) is 2.60. The Bertz CT molecular complexity index is 1310. The largest absolute Gasteiger partial charge is 0.329 e. The first kappa shape index (κ1) is 21.4. The molecule has 0 aliphatic rings. The molecule has 4 aromatic rings. The van der Waals surface area contributed by atoms with Crippen LogP contribution < -0.4 is 16.2 Å². The van der Waals surface area contributed by atoms with Crippen LogP contribution in [-0.2, 0) is 13.6 Å². The van der Waals surface area contributed by atoms with Gasteiger partial charge < -0.3 is 5.32 Å². The quantitative estimate of drug-likeness (QED) is 0.323. The standard InChI is InChI=1S/C21H21FN8OS/c1-12-8-17(18-13(2)28-29(3)19(18)24-12)20(31)26-27-21(32)25-16-9-23-30(11-16)10-14-4-6-15(22)7-5-14/h4-9,11H,10H2,1-3H3,(H,26,31)(H2,25,27,32). The minimum Gasteiger partial charge on any atom is -0.329 e. The number of halogens is 1. The van der Waals surface area contributed by atoms with Crippen molar-refractivity contribution >= 4 is 40.0 Å². The highest BCUT2D eigenvalue weighted by Gasteiger charge is 2.18. The lowest BCUT2D eigenvalue weighted by Crippen LogP contribution is -2.43. The lowest BCUT2D eigenvalue weighted by atomic mass is 10.1. The third-order valence-corrected chi connectivity index (χ3v) is 4.98. The maximum absolute atomic E-state index is 13.0. The molecule has 32 heavy (non-hydrogen) atoms. The number of hydrazine groups is 1. The van der Waals surface area contributed by atoms with Gasteiger partial charge in [0, 0.05) is 18.9 Å². The van der Waals surface area contributed by atoms with Gasteiger partial charge in [-0.15, -0.1) is 0 Å². The van der Waals surface area contributed by atoms with Crippen LogP contribution in [0.15, 0.2) is 42.7 Å². The van der Waals surface area contributed by atoms with E-state index in [-0.39, 0.29) is 16.8 Å². The fourth-order valence-electron chi connectivity index (χ4n) is 3.38. The van der Waals surface area contributed by atoms with Crippen molar-refractivity contribution in [2.45, 2.75) is 20.4 Å². The molecule has 0 spiro atoms. The topological polar surface area (TPSA) is 102 Å². The van der Waals surface area contributed by atoms with Crippen LogP contribution in [0, 0.1) is 19.7 Å². The Balaban J connectivity index is 1.37. The summed E-state index contributed by atoms with van der Waals surface area (Å²) < 4.78 is 16.4. The number of carbonyl (C=O) groups is 1. The Morgan fingerprint density at radius 2 is 1.94 bits per heavy atom. The van der Waals surface area contributed by atoms with Gasteiger partial charge in [0.05, 0.1) is 35.1 Å². The molecule has 0 fully saturated rings. The second-order valence-electron chi connectivity index (χ2n) is 7.31. The van der Waals surface area contributed by atoms with Gasteiger partial charge in [0.15, 0.2) is 10.8 Å². The fourth-order valence-corrected chi connectivity index (χ4v) is 3.55. The second kappa shape index (κ2) is 8.71. The number of fused-ring (bicyclic) bond motifs is 1. The molecule has 0 aliphatic heterocycles. The first-order valence-corrected chi connectivity index (χ1v) is 10.2. The lowest BCUT2D eigenvalue weighted by molar-refractivity contribution is 0.0945. The highest BCUT2D eigenvalue weighted by Crippen LogP contribution is 2.21. The van der Waals surface area contributed by atoms with Crippen LogP contribution in [0.25, 0.3) is 11.0 Å². The minimum absolute atomic E-state index is 0.199. The molecule has 1 aromatic carbocycles. The van der Waals surface area contributed by atoms with Crippen LogP contribution in [0.3, 0.4) is 0 Å². The van der Waals surface area contributed by atoms with Crippen molar-refractivity contribution < 1.29 is 9.18 Å². The number of carbonyl (C=O) groups excluding carboxylic acids is 1. The van der Waals surface area contributed by atoms with E-state index >= 15 is 0 Å². The average molecular weight is 453 g/mol. The molecular formula is C21H21FN8OS. The van der Waals surface area contributed by atoms with Crippen LogP contribution in [0.1, 0.15) is 27.3 Å². The van der Waals surface area contributed by atoms with Crippen LogP contribution in [0.5, 0.6) is 0 Å². The van der Waals surface area contributed by atoms with Crippen LogP contribution in [0.4, 0.5) is 10.1 Å². The molecule has 0 bridgehead atoms. The van der Waals surface area contributed by atoms with Gasteiger partial charge in [-0.25, -0.2) is 9.37 Å². The van der Waals surface area contributed by atoms with E-state index in [1.54, 1.807) is 47.0 Å². The van der Waals surface area contributed by atoms with Gasteiger partial charge in [-0.05, 0) is 49.8 Å². The monoisotopic (exact) mass is 452 g/mol. The number of nitrogens with one attached hydrogen (secondary N) is 3. The summed E-state index contributed by atoms with van der Waals surface area (Å²) in [5.41, 5.74) is 9.39. The van der Waals surface area contributed by atoms with E-state index in [9.17, 15) is 9.18 Å². The number of aryl methyl sites for hydroxylation is 3. The third-order valence-electron chi connectivity index (χ3n) is 4.78. The van der Waals surface area contributed by atoms with Gasteiger partial charge >= 0.3 is 0 Å². The van der Waals surface area contributed by atoms with Crippen LogP contribution >= 0.6 is 12.2 Å². The first-order chi connectivity index (χ1) is 15.3. The van der Waals surface area contributed by atoms with Crippen LogP contribution in [-0.4, -0.2) is 35.6 Å². The molecule has 3 aromatic heterocycles. The summed E-state index contributed by atoms with van der Waals surface area (Å²) in [5, 5.41) is 12.5. The molecule has 3 heterocycles. The number of aromatic nitrogens is 5. The minimum atomic E-state index is -0.354. The molecule has 0 saturated heterocycles. The van der Waals surface area contributed by atoms with Crippen molar-refractivity contribution in [2.24, 2.45) is 7.05 Å². The Morgan fingerprint density at radius 3 is 2.69 bits per heavy atom. The molecule has 0 aliphatic carbocycles. The van der Waals surface area contributed by atoms with E-state index in [0.29, 0.717) is 34.5 Å². The molecule has 0 saturated carbocycles. The molecular weight excluding hydrogens is 431 g/mol. The van der Waals surface area contributed by atoms with E-state index in [0.717, 1.165) is 11.3 Å². The maximum Gasteiger partial charge on any atom is 0.270 e. The molecule has 0 atom stereocenters. The number of rotatable bonds is 4. The summed E-state index contributed by atoms with van der Waals surface area (Å²) in [5.74, 6) is -0.635. The lowest BCUT2D eigenvalue weighted by Gasteiger charge is -2.11. The van der Waals surface area contributed by atoms with Gasteiger partial charge in [-0.1, -0.05) is 12.1 Å². The van der Waals surface area contributed by atoms with E-state index in [1.807, 2.05) is 13.8 Å². The first-order valence-electron chi connectivity index (χ1n) is 9.75. The van der Waals surface area contributed by atoms with Crippen LogP contribution in [0.2, 0.25) is 0 Å². The summed E-state index contributed by atoms with van der Waals surface area (Å²) in [6.07, 6.45) is 3.36. The zero-order chi connectivity index (χ0) is 22.8. The predicted molar refractivity (Wildman–Crippen MR) is 123 cm³/mol.